The number of carbonyl (C=O) groups is 1. The lowest BCUT2D eigenvalue weighted by Gasteiger charge is -2.38. The van der Waals surface area contributed by atoms with Gasteiger partial charge in [0.05, 0.1) is 11.8 Å². The second kappa shape index (κ2) is 8.72. The van der Waals surface area contributed by atoms with Crippen molar-refractivity contribution >= 4 is 20.4 Å². The van der Waals surface area contributed by atoms with Crippen molar-refractivity contribution in [3.05, 3.63) is 59.7 Å². The minimum atomic E-state index is -1.88. The van der Waals surface area contributed by atoms with Crippen molar-refractivity contribution in [3.63, 3.8) is 0 Å². The fourth-order valence-electron chi connectivity index (χ4n) is 2.52. The van der Waals surface area contributed by atoms with Crippen LogP contribution in [0.4, 0.5) is 5.69 Å². The van der Waals surface area contributed by atoms with Crippen LogP contribution in [0.2, 0.25) is 18.1 Å². The number of nitrogens with one attached hydrogen (secondary N) is 1. The molecular weight excluding hydrogens is 354 g/mol. The van der Waals surface area contributed by atoms with Crippen LogP contribution in [0.1, 0.15) is 44.9 Å². The van der Waals surface area contributed by atoms with Crippen molar-refractivity contribution in [1.29, 1.82) is 0 Å². The Hall–Kier alpha value is -2.11. The Labute approximate surface area is 164 Å². The van der Waals surface area contributed by atoms with E-state index in [2.05, 4.69) is 46.1 Å². The summed E-state index contributed by atoms with van der Waals surface area (Å²) in [5, 5.41) is 2.89. The van der Waals surface area contributed by atoms with Crippen molar-refractivity contribution in [2.24, 2.45) is 0 Å². The number of hydrogen-bond donors (Lipinski definition) is 1. The number of benzene rings is 2. The van der Waals surface area contributed by atoms with Crippen molar-refractivity contribution in [2.45, 2.75) is 58.5 Å². The zero-order valence-corrected chi connectivity index (χ0v) is 18.2. The number of rotatable bonds is 8. The Morgan fingerprint density at radius 3 is 2.37 bits per heavy atom. The molecule has 0 spiro atoms. The first kappa shape index (κ1) is 21.2. The molecular formula is C22H31NO3Si. The lowest BCUT2D eigenvalue weighted by Crippen LogP contribution is -2.41. The standard InChI is InChI=1S/C22H31NO3Si/c1-17(26-27(5,6)22(2,3)4)19-12-13-21(20(14-19)23-16-24)25-15-18-10-8-7-9-11-18/h7-14,16-17H,15H2,1-6H3,(H,23,24). The van der Waals surface area contributed by atoms with Gasteiger partial charge in [-0.2, -0.15) is 0 Å². The molecule has 1 atom stereocenters. The summed E-state index contributed by atoms with van der Waals surface area (Å²) < 4.78 is 12.4. The van der Waals surface area contributed by atoms with Gasteiger partial charge in [0.2, 0.25) is 6.41 Å². The first-order valence-corrected chi connectivity index (χ1v) is 12.2. The highest BCUT2D eigenvalue weighted by Crippen LogP contribution is 2.40. The Kier molecular flexibility index (Phi) is 6.84. The van der Waals surface area contributed by atoms with Gasteiger partial charge in [0.1, 0.15) is 12.4 Å². The fraction of sp³-hybridized carbons (Fsp3) is 0.409. The zero-order valence-electron chi connectivity index (χ0n) is 17.2. The molecule has 0 bridgehead atoms. The Balaban J connectivity index is 2.17. The van der Waals surface area contributed by atoms with Gasteiger partial charge >= 0.3 is 0 Å². The molecule has 0 aliphatic heterocycles. The van der Waals surface area contributed by atoms with Crippen LogP contribution in [0.25, 0.3) is 0 Å². The van der Waals surface area contributed by atoms with Gasteiger partial charge < -0.3 is 14.5 Å². The molecule has 0 radical (unpaired) electrons. The van der Waals surface area contributed by atoms with Crippen molar-refractivity contribution in [1.82, 2.24) is 0 Å². The summed E-state index contributed by atoms with van der Waals surface area (Å²) in [4.78, 5) is 11.1. The van der Waals surface area contributed by atoms with E-state index >= 15 is 0 Å². The van der Waals surface area contributed by atoms with Crippen LogP contribution >= 0.6 is 0 Å². The van der Waals surface area contributed by atoms with E-state index in [0.717, 1.165) is 11.1 Å². The molecule has 1 amide bonds. The van der Waals surface area contributed by atoms with Gasteiger partial charge in [-0.1, -0.05) is 57.2 Å². The summed E-state index contributed by atoms with van der Waals surface area (Å²) in [5.41, 5.74) is 2.76. The summed E-state index contributed by atoms with van der Waals surface area (Å²) in [5.74, 6) is 0.647. The molecule has 27 heavy (non-hydrogen) atoms. The van der Waals surface area contributed by atoms with Gasteiger partial charge in [0.25, 0.3) is 0 Å². The molecule has 5 heteroatoms. The molecule has 1 N–H and O–H groups in total. The van der Waals surface area contributed by atoms with E-state index in [9.17, 15) is 4.79 Å². The topological polar surface area (TPSA) is 47.6 Å². The highest BCUT2D eigenvalue weighted by atomic mass is 28.4. The lowest BCUT2D eigenvalue weighted by atomic mass is 10.1. The van der Waals surface area contributed by atoms with Gasteiger partial charge in [-0.15, -0.1) is 0 Å². The van der Waals surface area contributed by atoms with E-state index in [-0.39, 0.29) is 11.1 Å². The summed E-state index contributed by atoms with van der Waals surface area (Å²) in [6.07, 6.45) is 0.620. The maximum atomic E-state index is 11.1. The normalized spacial score (nSPS) is 13.1. The molecule has 0 aromatic heterocycles. The van der Waals surface area contributed by atoms with E-state index in [1.54, 1.807) is 0 Å². The average molecular weight is 386 g/mol. The number of anilines is 1. The van der Waals surface area contributed by atoms with Crippen LogP contribution in [0.3, 0.4) is 0 Å². The van der Waals surface area contributed by atoms with E-state index in [1.165, 1.54) is 0 Å². The SMILES string of the molecule is CC(O[Si](C)(C)C(C)(C)C)c1ccc(OCc2ccccc2)c(NC=O)c1. The predicted molar refractivity (Wildman–Crippen MR) is 114 cm³/mol. The Morgan fingerprint density at radius 2 is 1.78 bits per heavy atom. The highest BCUT2D eigenvalue weighted by Gasteiger charge is 2.38. The molecule has 0 aliphatic carbocycles. The molecule has 0 saturated carbocycles. The molecule has 4 nitrogen and oxygen atoms in total. The van der Waals surface area contributed by atoms with Crippen LogP contribution in [0, 0.1) is 0 Å². The van der Waals surface area contributed by atoms with Crippen LogP contribution in [-0.4, -0.2) is 14.7 Å². The van der Waals surface area contributed by atoms with Gasteiger partial charge in [-0.3, -0.25) is 4.79 Å². The zero-order chi connectivity index (χ0) is 20.1. The third-order valence-electron chi connectivity index (χ3n) is 5.20. The predicted octanol–water partition coefficient (Wildman–Crippen LogP) is 5.92. The molecule has 0 saturated heterocycles. The fourth-order valence-corrected chi connectivity index (χ4v) is 3.90. The third-order valence-corrected chi connectivity index (χ3v) is 9.76. The maximum Gasteiger partial charge on any atom is 0.211 e. The first-order chi connectivity index (χ1) is 12.6. The molecule has 0 fully saturated rings. The summed E-state index contributed by atoms with van der Waals surface area (Å²) in [6.45, 7) is 13.7. The van der Waals surface area contributed by atoms with E-state index in [0.29, 0.717) is 24.5 Å². The smallest absolute Gasteiger partial charge is 0.211 e. The molecule has 0 heterocycles. The van der Waals surface area contributed by atoms with Gasteiger partial charge in [-0.25, -0.2) is 0 Å². The number of amides is 1. The highest BCUT2D eigenvalue weighted by molar-refractivity contribution is 6.74. The number of hydrogen-bond acceptors (Lipinski definition) is 3. The van der Waals surface area contributed by atoms with E-state index < -0.39 is 8.32 Å². The summed E-state index contributed by atoms with van der Waals surface area (Å²) >= 11 is 0. The van der Waals surface area contributed by atoms with Crippen LogP contribution in [0.15, 0.2) is 48.5 Å². The third kappa shape index (κ3) is 5.68. The Bertz CT molecular complexity index is 754. The molecule has 1 unspecified atom stereocenters. The second-order valence-corrected chi connectivity index (χ2v) is 13.1. The monoisotopic (exact) mass is 385 g/mol. The van der Waals surface area contributed by atoms with E-state index in [4.69, 9.17) is 9.16 Å². The van der Waals surface area contributed by atoms with Crippen LogP contribution < -0.4 is 10.1 Å². The average Bonchev–Trinajstić information content (AvgIpc) is 2.60. The van der Waals surface area contributed by atoms with Crippen LogP contribution in [0.5, 0.6) is 5.75 Å². The first-order valence-electron chi connectivity index (χ1n) is 9.33. The van der Waals surface area contributed by atoms with Crippen molar-refractivity contribution in [2.75, 3.05) is 5.32 Å². The summed E-state index contributed by atoms with van der Waals surface area (Å²) in [6, 6.07) is 15.8. The van der Waals surface area contributed by atoms with E-state index in [1.807, 2.05) is 48.5 Å². The van der Waals surface area contributed by atoms with Gasteiger partial charge in [-0.05, 0) is 48.3 Å². The number of ether oxygens (including phenoxy) is 1. The largest absolute Gasteiger partial charge is 0.487 e. The van der Waals surface area contributed by atoms with Crippen molar-refractivity contribution in [3.8, 4) is 5.75 Å². The number of carbonyl (C=O) groups excluding carboxylic acids is 1. The molecule has 2 aromatic carbocycles. The second-order valence-electron chi connectivity index (χ2n) is 8.31. The van der Waals surface area contributed by atoms with Crippen molar-refractivity contribution < 1.29 is 14.0 Å². The minimum absolute atomic E-state index is 0.0544. The molecule has 0 aliphatic rings. The van der Waals surface area contributed by atoms with Gasteiger partial charge in [0.15, 0.2) is 8.32 Å². The van der Waals surface area contributed by atoms with Crippen LogP contribution in [-0.2, 0) is 15.8 Å². The molecule has 146 valence electrons. The quantitative estimate of drug-likeness (QED) is 0.453. The lowest BCUT2D eigenvalue weighted by molar-refractivity contribution is -0.105. The molecule has 2 rings (SSSR count). The maximum absolute atomic E-state index is 11.1. The summed E-state index contributed by atoms with van der Waals surface area (Å²) in [7, 11) is -1.88. The molecule has 2 aromatic rings. The Morgan fingerprint density at radius 1 is 1.11 bits per heavy atom. The van der Waals surface area contributed by atoms with Gasteiger partial charge in [0, 0.05) is 0 Å². The minimum Gasteiger partial charge on any atom is -0.487 e.